The van der Waals surface area contributed by atoms with Crippen molar-refractivity contribution < 1.29 is 23.0 Å². The lowest BCUT2D eigenvalue weighted by Crippen LogP contribution is -2.57. The Kier molecular flexibility index (Phi) is 3.94. The summed E-state index contributed by atoms with van der Waals surface area (Å²) >= 11 is 0. The van der Waals surface area contributed by atoms with E-state index in [1.54, 1.807) is 33.8 Å². The molecule has 0 unspecified atom stereocenters. The van der Waals surface area contributed by atoms with Crippen molar-refractivity contribution in [2.45, 2.75) is 43.7 Å². The molecule has 1 heterocycles. The van der Waals surface area contributed by atoms with Gasteiger partial charge in [0.15, 0.2) is 11.5 Å². The number of benzene rings is 1. The molecule has 0 spiro atoms. The highest BCUT2D eigenvalue weighted by atomic mass is 32.2. The molecule has 0 fully saturated rings. The van der Waals surface area contributed by atoms with Crippen molar-refractivity contribution in [1.82, 2.24) is 4.72 Å². The van der Waals surface area contributed by atoms with Crippen LogP contribution in [0.2, 0.25) is 0 Å². The van der Waals surface area contributed by atoms with Crippen molar-refractivity contribution in [3.8, 4) is 11.5 Å². The normalized spacial score (nSPS) is 15.9. The number of hydrogen-bond donors (Lipinski definition) is 2. The average molecular weight is 315 g/mol. The first-order valence-electron chi connectivity index (χ1n) is 6.69. The first-order chi connectivity index (χ1) is 9.53. The Hall–Kier alpha value is -1.31. The maximum atomic E-state index is 12.5. The maximum Gasteiger partial charge on any atom is 0.241 e. The van der Waals surface area contributed by atoms with E-state index in [9.17, 15) is 13.5 Å². The third-order valence-corrected chi connectivity index (χ3v) is 5.40. The molecule has 0 atom stereocenters. The van der Waals surface area contributed by atoms with Gasteiger partial charge in [-0.25, -0.2) is 13.1 Å². The first-order valence-corrected chi connectivity index (χ1v) is 8.17. The summed E-state index contributed by atoms with van der Waals surface area (Å²) in [7, 11) is -3.78. The molecule has 0 aliphatic carbocycles. The summed E-state index contributed by atoms with van der Waals surface area (Å²) in [6.45, 7) is 7.20. The molecule has 2 rings (SSSR count). The van der Waals surface area contributed by atoms with Crippen LogP contribution >= 0.6 is 0 Å². The summed E-state index contributed by atoms with van der Waals surface area (Å²) in [5.41, 5.74) is -2.24. The summed E-state index contributed by atoms with van der Waals surface area (Å²) in [6.07, 6.45) is 0. The van der Waals surface area contributed by atoms with Gasteiger partial charge < -0.3 is 14.6 Å². The van der Waals surface area contributed by atoms with E-state index in [1.807, 2.05) is 0 Å². The standard InChI is InChI=1S/C14H21NO5S/c1-13(2,14(3,4)16)15-21(17,18)10-5-6-11-12(9-10)20-8-7-19-11/h5-6,9,15-16H,7-8H2,1-4H3. The van der Waals surface area contributed by atoms with Crippen LogP contribution in [0.5, 0.6) is 11.5 Å². The van der Waals surface area contributed by atoms with Crippen LogP contribution in [0.4, 0.5) is 0 Å². The van der Waals surface area contributed by atoms with Gasteiger partial charge in [-0.2, -0.15) is 0 Å². The van der Waals surface area contributed by atoms with Crippen LogP contribution < -0.4 is 14.2 Å². The van der Waals surface area contributed by atoms with Crippen LogP contribution in [0, 0.1) is 0 Å². The van der Waals surface area contributed by atoms with Gasteiger partial charge in [-0.05, 0) is 39.8 Å². The van der Waals surface area contributed by atoms with Gasteiger partial charge in [0.05, 0.1) is 16.0 Å². The van der Waals surface area contributed by atoms with E-state index in [2.05, 4.69) is 4.72 Å². The molecule has 0 aromatic heterocycles. The second-order valence-corrected chi connectivity index (χ2v) is 7.78. The van der Waals surface area contributed by atoms with Gasteiger partial charge in [0.1, 0.15) is 13.2 Å². The monoisotopic (exact) mass is 315 g/mol. The maximum absolute atomic E-state index is 12.5. The molecule has 1 aliphatic heterocycles. The number of aliphatic hydroxyl groups is 1. The third kappa shape index (κ3) is 3.30. The molecule has 6 nitrogen and oxygen atoms in total. The topological polar surface area (TPSA) is 84.9 Å². The molecule has 21 heavy (non-hydrogen) atoms. The zero-order chi connectivity index (χ0) is 15.9. The lowest BCUT2D eigenvalue weighted by molar-refractivity contribution is 0.00638. The summed E-state index contributed by atoms with van der Waals surface area (Å²) in [5, 5.41) is 10.1. The van der Waals surface area contributed by atoms with Crippen LogP contribution in [0.15, 0.2) is 23.1 Å². The minimum absolute atomic E-state index is 0.0732. The molecule has 1 aromatic rings. The largest absolute Gasteiger partial charge is 0.486 e. The molecule has 7 heteroatoms. The Balaban J connectivity index is 2.32. The van der Waals surface area contributed by atoms with Gasteiger partial charge in [0, 0.05) is 6.07 Å². The smallest absolute Gasteiger partial charge is 0.241 e. The molecule has 2 N–H and O–H groups in total. The lowest BCUT2D eigenvalue weighted by Gasteiger charge is -2.37. The Morgan fingerprint density at radius 2 is 1.67 bits per heavy atom. The van der Waals surface area contributed by atoms with Gasteiger partial charge in [-0.15, -0.1) is 0 Å². The van der Waals surface area contributed by atoms with Crippen molar-refractivity contribution in [3.05, 3.63) is 18.2 Å². The lowest BCUT2D eigenvalue weighted by atomic mass is 9.87. The van der Waals surface area contributed by atoms with Crippen molar-refractivity contribution in [2.75, 3.05) is 13.2 Å². The van der Waals surface area contributed by atoms with E-state index in [1.165, 1.54) is 12.1 Å². The van der Waals surface area contributed by atoms with E-state index < -0.39 is 21.2 Å². The molecular weight excluding hydrogens is 294 g/mol. The minimum atomic E-state index is -3.78. The number of ether oxygens (including phenoxy) is 2. The van der Waals surface area contributed by atoms with Crippen LogP contribution in [0.25, 0.3) is 0 Å². The predicted octanol–water partition coefficient (Wildman–Crippen LogP) is 1.29. The van der Waals surface area contributed by atoms with Crippen LogP contribution in [-0.2, 0) is 10.0 Å². The summed E-state index contributed by atoms with van der Waals surface area (Å²) < 4.78 is 38.2. The fraction of sp³-hybridized carbons (Fsp3) is 0.571. The number of sulfonamides is 1. The number of nitrogens with one attached hydrogen (secondary N) is 1. The zero-order valence-corrected chi connectivity index (χ0v) is 13.5. The highest BCUT2D eigenvalue weighted by molar-refractivity contribution is 7.89. The van der Waals surface area contributed by atoms with Crippen molar-refractivity contribution in [3.63, 3.8) is 0 Å². The van der Waals surface area contributed by atoms with E-state index in [0.29, 0.717) is 24.7 Å². The molecular formula is C14H21NO5S. The molecule has 0 amide bonds. The van der Waals surface area contributed by atoms with Crippen LogP contribution in [0.3, 0.4) is 0 Å². The molecule has 118 valence electrons. The van der Waals surface area contributed by atoms with Crippen LogP contribution in [-0.4, -0.2) is 37.9 Å². The molecule has 0 radical (unpaired) electrons. The van der Waals surface area contributed by atoms with Gasteiger partial charge in [-0.3, -0.25) is 0 Å². The molecule has 1 aliphatic rings. The second kappa shape index (κ2) is 5.15. The van der Waals surface area contributed by atoms with E-state index >= 15 is 0 Å². The fourth-order valence-corrected chi connectivity index (χ4v) is 3.26. The van der Waals surface area contributed by atoms with Gasteiger partial charge in [0.2, 0.25) is 10.0 Å². The SMILES string of the molecule is CC(C)(O)C(C)(C)NS(=O)(=O)c1ccc2c(c1)OCCO2. The molecule has 0 saturated heterocycles. The zero-order valence-electron chi connectivity index (χ0n) is 12.6. The Morgan fingerprint density at radius 3 is 2.24 bits per heavy atom. The molecule has 1 aromatic carbocycles. The number of fused-ring (bicyclic) bond motifs is 1. The quantitative estimate of drug-likeness (QED) is 0.874. The Bertz CT molecular complexity index is 631. The predicted molar refractivity (Wildman–Crippen MR) is 78.1 cm³/mol. The summed E-state index contributed by atoms with van der Waals surface area (Å²) in [6, 6.07) is 4.45. The van der Waals surface area contributed by atoms with Gasteiger partial charge >= 0.3 is 0 Å². The van der Waals surface area contributed by atoms with E-state index in [-0.39, 0.29) is 4.90 Å². The minimum Gasteiger partial charge on any atom is -0.486 e. The third-order valence-electron chi connectivity index (χ3n) is 3.74. The van der Waals surface area contributed by atoms with Gasteiger partial charge in [-0.1, -0.05) is 0 Å². The van der Waals surface area contributed by atoms with Crippen molar-refractivity contribution in [1.29, 1.82) is 0 Å². The first kappa shape index (κ1) is 16.1. The fourth-order valence-electron chi connectivity index (χ4n) is 1.71. The number of hydrogen-bond acceptors (Lipinski definition) is 5. The van der Waals surface area contributed by atoms with E-state index in [4.69, 9.17) is 9.47 Å². The highest BCUT2D eigenvalue weighted by Gasteiger charge is 2.39. The van der Waals surface area contributed by atoms with Crippen molar-refractivity contribution in [2.24, 2.45) is 0 Å². The number of rotatable bonds is 4. The summed E-state index contributed by atoms with van der Waals surface area (Å²) in [5.74, 6) is 0.937. The average Bonchev–Trinajstić information content (AvgIpc) is 2.35. The Labute approximate surface area is 125 Å². The molecule has 0 saturated carbocycles. The Morgan fingerprint density at radius 1 is 1.10 bits per heavy atom. The molecule has 0 bridgehead atoms. The van der Waals surface area contributed by atoms with Crippen molar-refractivity contribution >= 4 is 10.0 Å². The second-order valence-electron chi connectivity index (χ2n) is 6.09. The van der Waals surface area contributed by atoms with Gasteiger partial charge in [0.25, 0.3) is 0 Å². The van der Waals surface area contributed by atoms with Crippen LogP contribution in [0.1, 0.15) is 27.7 Å². The highest BCUT2D eigenvalue weighted by Crippen LogP contribution is 2.33. The van der Waals surface area contributed by atoms with E-state index in [0.717, 1.165) is 0 Å². The summed E-state index contributed by atoms with van der Waals surface area (Å²) in [4.78, 5) is 0.0732.